The van der Waals surface area contributed by atoms with E-state index in [1.54, 1.807) is 0 Å². The first-order valence-corrected chi connectivity index (χ1v) is 10.8. The second-order valence-corrected chi connectivity index (χ2v) is 8.96. The smallest absolute Gasteiger partial charge is 0.309 e. The molecule has 4 aromatic rings. The lowest BCUT2D eigenvalue weighted by Gasteiger charge is -2.06. The van der Waals surface area contributed by atoms with Crippen molar-refractivity contribution in [1.82, 2.24) is 15.0 Å². The van der Waals surface area contributed by atoms with Crippen molar-refractivity contribution < 1.29 is 13.2 Å². The van der Waals surface area contributed by atoms with E-state index in [1.807, 2.05) is 38.1 Å². The number of aromatic nitrogens is 3. The number of halogens is 3. The van der Waals surface area contributed by atoms with E-state index >= 15 is 0 Å². The number of hydrogen-bond donors (Lipinski definition) is 1. The van der Waals surface area contributed by atoms with Gasteiger partial charge < -0.3 is 4.98 Å². The number of fused-ring (bicyclic) bond motifs is 1. The molecular weight excluding hydrogens is 431 g/mol. The summed E-state index contributed by atoms with van der Waals surface area (Å²) < 4.78 is 37.9. The van der Waals surface area contributed by atoms with E-state index in [9.17, 15) is 18.0 Å². The predicted octanol–water partition coefficient (Wildman–Crippen LogP) is 5.97. The maximum atomic E-state index is 12.8. The van der Waals surface area contributed by atoms with Crippen LogP contribution in [-0.2, 0) is 11.9 Å². The fourth-order valence-electron chi connectivity index (χ4n) is 3.08. The molecule has 0 radical (unpaired) electrons. The van der Waals surface area contributed by atoms with Crippen molar-refractivity contribution in [2.45, 2.75) is 30.8 Å². The molecule has 0 unspecified atom stereocenters. The molecule has 0 bridgehead atoms. The third-order valence-corrected chi connectivity index (χ3v) is 6.50. The summed E-state index contributed by atoms with van der Waals surface area (Å²) in [5.74, 6) is 0.747. The number of thiophene rings is 1. The minimum Gasteiger partial charge on any atom is -0.309 e. The van der Waals surface area contributed by atoms with Crippen molar-refractivity contribution in [3.63, 3.8) is 0 Å². The summed E-state index contributed by atoms with van der Waals surface area (Å²) in [4.78, 5) is 25.6. The summed E-state index contributed by atoms with van der Waals surface area (Å²) in [5.41, 5.74) is 1.97. The highest BCUT2D eigenvalue weighted by atomic mass is 32.2. The summed E-state index contributed by atoms with van der Waals surface area (Å²) in [6.45, 7) is 3.97. The first-order valence-electron chi connectivity index (χ1n) is 8.98. The van der Waals surface area contributed by atoms with Gasteiger partial charge in [0.2, 0.25) is 0 Å². The third kappa shape index (κ3) is 4.13. The molecule has 154 valence electrons. The zero-order chi connectivity index (χ0) is 21.5. The van der Waals surface area contributed by atoms with Crippen LogP contribution in [0.1, 0.15) is 21.8 Å². The number of rotatable bonds is 4. The van der Waals surface area contributed by atoms with Gasteiger partial charge in [-0.2, -0.15) is 13.2 Å². The number of benzene rings is 1. The highest BCUT2D eigenvalue weighted by Crippen LogP contribution is 2.36. The van der Waals surface area contributed by atoms with Gasteiger partial charge in [0.05, 0.1) is 21.7 Å². The van der Waals surface area contributed by atoms with E-state index in [4.69, 9.17) is 0 Å². The average Bonchev–Trinajstić information content (AvgIpc) is 3.03. The van der Waals surface area contributed by atoms with Gasteiger partial charge in [-0.05, 0) is 31.5 Å². The van der Waals surface area contributed by atoms with Gasteiger partial charge in [-0.15, -0.1) is 11.3 Å². The topological polar surface area (TPSA) is 58.6 Å². The SMILES string of the molecule is Cc1ccc(-c2c(C)sc3nc(CSc4ccc(C(F)(F)F)cn4)[nH]c(=O)c23)cc1. The number of thioether (sulfide) groups is 1. The Morgan fingerprint density at radius 3 is 2.47 bits per heavy atom. The van der Waals surface area contributed by atoms with E-state index in [1.165, 1.54) is 29.2 Å². The third-order valence-electron chi connectivity index (χ3n) is 4.55. The largest absolute Gasteiger partial charge is 0.417 e. The van der Waals surface area contributed by atoms with Crippen LogP contribution in [0.15, 0.2) is 52.4 Å². The standard InChI is InChI=1S/C21H16F3N3OS2/c1-11-3-5-13(6-4-11)17-12(2)30-20-18(17)19(28)26-15(27-20)10-29-16-8-7-14(9-25-16)21(22,23)24/h3-9H,10H2,1-2H3,(H,26,27,28). The van der Waals surface area contributed by atoms with Crippen molar-refractivity contribution in [3.8, 4) is 11.1 Å². The Morgan fingerprint density at radius 1 is 1.10 bits per heavy atom. The summed E-state index contributed by atoms with van der Waals surface area (Å²) in [5, 5.41) is 0.983. The Bertz CT molecular complexity index is 1260. The number of nitrogens with zero attached hydrogens (tertiary/aromatic N) is 2. The second kappa shape index (κ2) is 7.88. The molecule has 3 heterocycles. The Labute approximate surface area is 178 Å². The summed E-state index contributed by atoms with van der Waals surface area (Å²) in [6, 6.07) is 10.3. The summed E-state index contributed by atoms with van der Waals surface area (Å²) in [7, 11) is 0. The molecule has 4 rings (SSSR count). The van der Waals surface area contributed by atoms with Gasteiger partial charge in [0.1, 0.15) is 10.7 Å². The van der Waals surface area contributed by atoms with Crippen LogP contribution in [0, 0.1) is 13.8 Å². The molecule has 0 fully saturated rings. The fourth-order valence-corrected chi connectivity index (χ4v) is 4.85. The van der Waals surface area contributed by atoms with Gasteiger partial charge in [-0.3, -0.25) is 4.79 Å². The quantitative estimate of drug-likeness (QED) is 0.391. The van der Waals surface area contributed by atoms with E-state index < -0.39 is 11.7 Å². The summed E-state index contributed by atoms with van der Waals surface area (Å²) in [6.07, 6.45) is -3.61. The van der Waals surface area contributed by atoms with Crippen molar-refractivity contribution in [3.05, 3.63) is 74.8 Å². The van der Waals surface area contributed by atoms with Crippen LogP contribution in [-0.4, -0.2) is 15.0 Å². The molecule has 0 aliphatic carbocycles. The summed E-state index contributed by atoms with van der Waals surface area (Å²) >= 11 is 2.66. The Kier molecular flexibility index (Phi) is 5.42. The lowest BCUT2D eigenvalue weighted by atomic mass is 10.0. The highest BCUT2D eigenvalue weighted by Gasteiger charge is 2.30. The number of aryl methyl sites for hydroxylation is 2. The molecule has 0 saturated heterocycles. The van der Waals surface area contributed by atoms with Gasteiger partial charge in [-0.25, -0.2) is 9.97 Å². The van der Waals surface area contributed by atoms with Crippen LogP contribution in [0.4, 0.5) is 13.2 Å². The Hall–Kier alpha value is -2.65. The molecule has 0 atom stereocenters. The second-order valence-electron chi connectivity index (χ2n) is 6.76. The van der Waals surface area contributed by atoms with Crippen LogP contribution in [0.2, 0.25) is 0 Å². The minimum atomic E-state index is -4.42. The first kappa shape index (κ1) is 20.6. The van der Waals surface area contributed by atoms with Gasteiger partial charge in [0.15, 0.2) is 0 Å². The minimum absolute atomic E-state index is 0.226. The lowest BCUT2D eigenvalue weighted by molar-refractivity contribution is -0.137. The van der Waals surface area contributed by atoms with Gasteiger partial charge in [0, 0.05) is 16.6 Å². The zero-order valence-corrected chi connectivity index (χ0v) is 17.6. The normalized spacial score (nSPS) is 11.9. The van der Waals surface area contributed by atoms with Gasteiger partial charge in [0.25, 0.3) is 5.56 Å². The van der Waals surface area contributed by atoms with Crippen LogP contribution in [0.25, 0.3) is 21.3 Å². The molecule has 1 aromatic carbocycles. The molecule has 1 N–H and O–H groups in total. The van der Waals surface area contributed by atoms with Crippen molar-refractivity contribution in [1.29, 1.82) is 0 Å². The Morgan fingerprint density at radius 2 is 1.83 bits per heavy atom. The van der Waals surface area contributed by atoms with Crippen LogP contribution >= 0.6 is 23.1 Å². The number of pyridine rings is 1. The molecule has 0 aliphatic heterocycles. The molecular formula is C21H16F3N3OS2. The molecule has 0 saturated carbocycles. The van der Waals surface area contributed by atoms with E-state index in [2.05, 4.69) is 15.0 Å². The number of H-pyrrole nitrogens is 1. The van der Waals surface area contributed by atoms with Crippen LogP contribution in [0.3, 0.4) is 0 Å². The van der Waals surface area contributed by atoms with Gasteiger partial charge >= 0.3 is 6.18 Å². The molecule has 0 amide bonds. The van der Waals surface area contributed by atoms with E-state index in [-0.39, 0.29) is 5.56 Å². The lowest BCUT2D eigenvalue weighted by Crippen LogP contribution is -2.11. The van der Waals surface area contributed by atoms with Crippen molar-refractivity contribution in [2.24, 2.45) is 0 Å². The van der Waals surface area contributed by atoms with Crippen molar-refractivity contribution in [2.75, 3.05) is 0 Å². The van der Waals surface area contributed by atoms with Crippen LogP contribution in [0.5, 0.6) is 0 Å². The molecule has 0 aliphatic rings. The predicted molar refractivity (Wildman–Crippen MR) is 114 cm³/mol. The number of aromatic amines is 1. The molecule has 30 heavy (non-hydrogen) atoms. The monoisotopic (exact) mass is 447 g/mol. The molecule has 9 heteroatoms. The first-order chi connectivity index (χ1) is 14.2. The van der Waals surface area contributed by atoms with E-state index in [0.29, 0.717) is 26.8 Å². The fraction of sp³-hybridized carbons (Fsp3) is 0.190. The molecule has 4 nitrogen and oxygen atoms in total. The number of hydrogen-bond acceptors (Lipinski definition) is 5. The van der Waals surface area contributed by atoms with Crippen LogP contribution < -0.4 is 5.56 Å². The zero-order valence-electron chi connectivity index (χ0n) is 16.0. The highest BCUT2D eigenvalue weighted by molar-refractivity contribution is 7.98. The maximum absolute atomic E-state index is 12.8. The number of alkyl halides is 3. The molecule has 0 spiro atoms. The maximum Gasteiger partial charge on any atom is 0.417 e. The Balaban J connectivity index is 1.61. The van der Waals surface area contributed by atoms with Gasteiger partial charge in [-0.1, -0.05) is 41.6 Å². The van der Waals surface area contributed by atoms with E-state index in [0.717, 1.165) is 33.8 Å². The molecule has 3 aromatic heterocycles. The van der Waals surface area contributed by atoms with Crippen molar-refractivity contribution >= 4 is 33.3 Å². The average molecular weight is 448 g/mol. The number of nitrogens with one attached hydrogen (secondary N) is 1.